The fraction of sp³-hybridized carbons (Fsp3) is 0.182. The predicted molar refractivity (Wildman–Crippen MR) is 58.4 cm³/mol. The van der Waals surface area contributed by atoms with E-state index >= 15 is 0 Å². The number of nitrogen functional groups attached to an aromatic ring is 1. The number of aliphatic hydroxyl groups is 2. The molecular weight excluding hydrogens is 208 g/mol. The molecule has 0 aliphatic heterocycles. The van der Waals surface area contributed by atoms with Gasteiger partial charge in [-0.1, -0.05) is 29.4 Å². The summed E-state index contributed by atoms with van der Waals surface area (Å²) in [6.45, 7) is -0.345. The zero-order valence-corrected chi connectivity index (χ0v) is 8.50. The van der Waals surface area contributed by atoms with Gasteiger partial charge in [0, 0.05) is 0 Å². The maximum absolute atomic E-state index is 9.66. The molecular formula is C11H12N2O3. The smallest absolute Gasteiger partial charge is 0.229 e. The monoisotopic (exact) mass is 220 g/mol. The van der Waals surface area contributed by atoms with E-state index in [9.17, 15) is 5.11 Å². The molecule has 0 bridgehead atoms. The van der Waals surface area contributed by atoms with Crippen LogP contribution in [-0.4, -0.2) is 22.0 Å². The number of aromatic nitrogens is 1. The fourth-order valence-electron chi connectivity index (χ4n) is 1.58. The van der Waals surface area contributed by atoms with Gasteiger partial charge in [-0.05, 0) is 11.1 Å². The van der Waals surface area contributed by atoms with Crippen LogP contribution in [0.4, 0.5) is 5.88 Å². The molecule has 5 heteroatoms. The quantitative estimate of drug-likeness (QED) is 0.716. The van der Waals surface area contributed by atoms with Crippen LogP contribution in [-0.2, 0) is 0 Å². The normalized spacial score (nSPS) is 12.6. The molecule has 1 heterocycles. The Morgan fingerprint density at radius 1 is 1.31 bits per heavy atom. The third-order valence-electron chi connectivity index (χ3n) is 2.38. The molecule has 1 atom stereocenters. The summed E-state index contributed by atoms with van der Waals surface area (Å²) in [6.07, 6.45) is 0.545. The minimum atomic E-state index is -0.939. The second-order valence-corrected chi connectivity index (χ2v) is 3.39. The first kappa shape index (κ1) is 10.7. The lowest BCUT2D eigenvalue weighted by Crippen LogP contribution is -2.04. The topological polar surface area (TPSA) is 92.5 Å². The molecule has 0 fully saturated rings. The second kappa shape index (κ2) is 4.34. The highest BCUT2D eigenvalue weighted by atomic mass is 16.5. The molecule has 1 aromatic heterocycles. The predicted octanol–water partition coefficient (Wildman–Crippen LogP) is 0.949. The van der Waals surface area contributed by atoms with Gasteiger partial charge in [0.15, 0.2) is 0 Å². The summed E-state index contributed by atoms with van der Waals surface area (Å²) in [5.41, 5.74) is 7.53. The van der Waals surface area contributed by atoms with Crippen molar-refractivity contribution in [3.63, 3.8) is 0 Å². The van der Waals surface area contributed by atoms with Gasteiger partial charge in [0.25, 0.3) is 0 Å². The fourth-order valence-corrected chi connectivity index (χ4v) is 1.58. The molecule has 1 unspecified atom stereocenters. The van der Waals surface area contributed by atoms with Crippen molar-refractivity contribution in [3.8, 4) is 11.1 Å². The maximum Gasteiger partial charge on any atom is 0.229 e. The number of hydrogen-bond donors (Lipinski definition) is 3. The van der Waals surface area contributed by atoms with E-state index in [0.717, 1.165) is 0 Å². The van der Waals surface area contributed by atoms with Crippen LogP contribution >= 0.6 is 0 Å². The molecule has 16 heavy (non-hydrogen) atoms. The number of nitrogens with zero attached hydrogens (tertiary/aromatic N) is 1. The molecule has 4 N–H and O–H groups in total. The zero-order chi connectivity index (χ0) is 11.5. The Balaban J connectivity index is 2.53. The van der Waals surface area contributed by atoms with Gasteiger partial charge in [0.2, 0.25) is 5.88 Å². The summed E-state index contributed by atoms with van der Waals surface area (Å²) in [5, 5.41) is 22.2. The number of anilines is 1. The number of rotatable bonds is 3. The van der Waals surface area contributed by atoms with Crippen LogP contribution < -0.4 is 5.73 Å². The van der Waals surface area contributed by atoms with Crippen molar-refractivity contribution in [3.05, 3.63) is 36.0 Å². The lowest BCUT2D eigenvalue weighted by molar-refractivity contribution is 0.0960. The highest BCUT2D eigenvalue weighted by molar-refractivity contribution is 5.74. The first-order valence-corrected chi connectivity index (χ1v) is 4.82. The molecule has 0 saturated heterocycles. The van der Waals surface area contributed by atoms with Crippen LogP contribution in [0.25, 0.3) is 11.1 Å². The Morgan fingerprint density at radius 2 is 2.06 bits per heavy atom. The van der Waals surface area contributed by atoms with Crippen molar-refractivity contribution in [2.75, 3.05) is 12.3 Å². The molecule has 5 nitrogen and oxygen atoms in total. The van der Waals surface area contributed by atoms with Crippen molar-refractivity contribution in [1.29, 1.82) is 0 Å². The SMILES string of the molecule is Nc1oncc1-c1ccccc1C(O)CO. The number of hydrogen-bond acceptors (Lipinski definition) is 5. The van der Waals surface area contributed by atoms with E-state index in [1.807, 2.05) is 6.07 Å². The Bertz CT molecular complexity index is 482. The van der Waals surface area contributed by atoms with Crippen LogP contribution in [0.5, 0.6) is 0 Å². The Morgan fingerprint density at radius 3 is 2.69 bits per heavy atom. The Kier molecular flexibility index (Phi) is 2.89. The summed E-state index contributed by atoms with van der Waals surface area (Å²) < 4.78 is 4.77. The van der Waals surface area contributed by atoms with Gasteiger partial charge in [-0.2, -0.15) is 0 Å². The molecule has 84 valence electrons. The summed E-state index contributed by atoms with van der Waals surface area (Å²) in [6, 6.07) is 7.11. The highest BCUT2D eigenvalue weighted by Gasteiger charge is 2.15. The molecule has 2 aromatic rings. The third kappa shape index (κ3) is 1.78. The van der Waals surface area contributed by atoms with Gasteiger partial charge in [0.05, 0.1) is 18.4 Å². The van der Waals surface area contributed by atoms with Gasteiger partial charge < -0.3 is 20.5 Å². The standard InChI is InChI=1S/C11H12N2O3/c12-11-9(5-13-16-11)7-3-1-2-4-8(7)10(15)6-14/h1-5,10,14-15H,6,12H2. The second-order valence-electron chi connectivity index (χ2n) is 3.39. The summed E-state index contributed by atoms with van der Waals surface area (Å²) in [5.74, 6) is 0.192. The average molecular weight is 220 g/mol. The molecule has 0 amide bonds. The summed E-state index contributed by atoms with van der Waals surface area (Å²) in [7, 11) is 0. The molecule has 0 aliphatic carbocycles. The number of nitrogens with two attached hydrogens (primary N) is 1. The van der Waals surface area contributed by atoms with Crippen molar-refractivity contribution in [2.45, 2.75) is 6.10 Å². The lowest BCUT2D eigenvalue weighted by atomic mass is 9.98. The van der Waals surface area contributed by atoms with E-state index in [2.05, 4.69) is 5.16 Å². The van der Waals surface area contributed by atoms with E-state index in [1.165, 1.54) is 6.20 Å². The van der Waals surface area contributed by atoms with E-state index in [4.69, 9.17) is 15.4 Å². The maximum atomic E-state index is 9.66. The Labute approximate surface area is 92.1 Å². The van der Waals surface area contributed by atoms with E-state index in [-0.39, 0.29) is 12.5 Å². The third-order valence-corrected chi connectivity index (χ3v) is 2.38. The number of aliphatic hydroxyl groups excluding tert-OH is 2. The Hall–Kier alpha value is -1.85. The largest absolute Gasteiger partial charge is 0.393 e. The van der Waals surface area contributed by atoms with Crippen molar-refractivity contribution in [2.24, 2.45) is 0 Å². The van der Waals surface area contributed by atoms with E-state index < -0.39 is 6.10 Å². The van der Waals surface area contributed by atoms with Crippen LogP contribution in [0.1, 0.15) is 11.7 Å². The van der Waals surface area contributed by atoms with E-state index in [1.54, 1.807) is 18.2 Å². The minimum Gasteiger partial charge on any atom is -0.393 e. The van der Waals surface area contributed by atoms with Gasteiger partial charge in [-0.3, -0.25) is 0 Å². The molecule has 0 saturated carbocycles. The zero-order valence-electron chi connectivity index (χ0n) is 8.50. The van der Waals surface area contributed by atoms with Crippen LogP contribution in [0.2, 0.25) is 0 Å². The highest BCUT2D eigenvalue weighted by Crippen LogP contribution is 2.31. The lowest BCUT2D eigenvalue weighted by Gasteiger charge is -2.12. The first-order chi connectivity index (χ1) is 7.74. The van der Waals surface area contributed by atoms with Crippen molar-refractivity contribution < 1.29 is 14.7 Å². The van der Waals surface area contributed by atoms with Crippen molar-refractivity contribution >= 4 is 5.88 Å². The minimum absolute atomic E-state index is 0.192. The van der Waals surface area contributed by atoms with Gasteiger partial charge in [0.1, 0.15) is 6.10 Å². The summed E-state index contributed by atoms with van der Waals surface area (Å²) >= 11 is 0. The van der Waals surface area contributed by atoms with Gasteiger partial charge >= 0.3 is 0 Å². The van der Waals surface area contributed by atoms with Gasteiger partial charge in [-0.15, -0.1) is 0 Å². The van der Waals surface area contributed by atoms with Crippen LogP contribution in [0, 0.1) is 0 Å². The summed E-state index contributed by atoms with van der Waals surface area (Å²) in [4.78, 5) is 0. The van der Waals surface area contributed by atoms with Crippen molar-refractivity contribution in [1.82, 2.24) is 5.16 Å². The van der Waals surface area contributed by atoms with Crippen LogP contribution in [0.15, 0.2) is 35.0 Å². The molecule has 0 aliphatic rings. The average Bonchev–Trinajstić information content (AvgIpc) is 2.74. The first-order valence-electron chi connectivity index (χ1n) is 4.82. The number of benzene rings is 1. The van der Waals surface area contributed by atoms with Crippen LogP contribution in [0.3, 0.4) is 0 Å². The van der Waals surface area contributed by atoms with E-state index in [0.29, 0.717) is 16.7 Å². The molecule has 0 spiro atoms. The molecule has 0 radical (unpaired) electrons. The molecule has 1 aromatic carbocycles. The van der Waals surface area contributed by atoms with Gasteiger partial charge in [-0.25, -0.2) is 0 Å². The molecule has 2 rings (SSSR count).